The Morgan fingerprint density at radius 3 is 2.10 bits per heavy atom. The maximum absolute atomic E-state index is 12.4. The highest BCUT2D eigenvalue weighted by molar-refractivity contribution is 7.93. The van der Waals surface area contributed by atoms with Crippen molar-refractivity contribution < 1.29 is 16.8 Å². The minimum absolute atomic E-state index is 0.139. The second-order valence-electron chi connectivity index (χ2n) is 5.96. The van der Waals surface area contributed by atoms with E-state index in [1.165, 1.54) is 4.31 Å². The molecular formula is C13H25NO4S2. The fraction of sp³-hybridized carbons (Fsp3) is 1.00. The molecule has 118 valence electrons. The number of sulfonamides is 1. The van der Waals surface area contributed by atoms with E-state index in [0.717, 1.165) is 38.5 Å². The number of unbranched alkanes of at least 4 members (excludes halogenated alkanes) is 1. The lowest BCUT2D eigenvalue weighted by Gasteiger charge is -2.39. The first-order valence-electron chi connectivity index (χ1n) is 7.58. The molecule has 1 aliphatic heterocycles. The molecule has 0 unspecified atom stereocenters. The molecule has 5 nitrogen and oxygen atoms in total. The Morgan fingerprint density at radius 1 is 0.950 bits per heavy atom. The molecular weight excluding hydrogens is 298 g/mol. The van der Waals surface area contributed by atoms with Gasteiger partial charge in [0.2, 0.25) is 10.0 Å². The molecule has 7 heteroatoms. The summed E-state index contributed by atoms with van der Waals surface area (Å²) in [6, 6.07) is 0. The van der Waals surface area contributed by atoms with Gasteiger partial charge < -0.3 is 0 Å². The molecule has 1 saturated heterocycles. The lowest BCUT2D eigenvalue weighted by atomic mass is 10.0. The van der Waals surface area contributed by atoms with Gasteiger partial charge in [-0.15, -0.1) is 0 Å². The maximum Gasteiger partial charge on any atom is 0.214 e. The van der Waals surface area contributed by atoms with Crippen LogP contribution in [0.4, 0.5) is 0 Å². The molecule has 0 amide bonds. The summed E-state index contributed by atoms with van der Waals surface area (Å²) >= 11 is 0. The first kappa shape index (κ1) is 16.2. The zero-order valence-electron chi connectivity index (χ0n) is 12.1. The van der Waals surface area contributed by atoms with Gasteiger partial charge in [0.1, 0.15) is 0 Å². The number of rotatable bonds is 6. The van der Waals surface area contributed by atoms with Crippen LogP contribution in [0, 0.1) is 0 Å². The summed E-state index contributed by atoms with van der Waals surface area (Å²) in [5.41, 5.74) is 0. The summed E-state index contributed by atoms with van der Waals surface area (Å²) in [6.07, 6.45) is 6.05. The van der Waals surface area contributed by atoms with Gasteiger partial charge in [-0.1, -0.05) is 32.6 Å². The quantitative estimate of drug-likeness (QED) is 0.743. The summed E-state index contributed by atoms with van der Waals surface area (Å²) < 4.78 is 50.1. The van der Waals surface area contributed by atoms with E-state index < -0.39 is 25.1 Å². The Morgan fingerprint density at radius 2 is 1.55 bits per heavy atom. The molecule has 0 aromatic heterocycles. The molecule has 0 atom stereocenters. The molecule has 1 heterocycles. The van der Waals surface area contributed by atoms with Crippen molar-refractivity contribution >= 4 is 19.9 Å². The molecule has 0 spiro atoms. The van der Waals surface area contributed by atoms with E-state index in [4.69, 9.17) is 0 Å². The Bertz CT molecular complexity index is 515. The van der Waals surface area contributed by atoms with Crippen LogP contribution in [0.25, 0.3) is 0 Å². The van der Waals surface area contributed by atoms with Crippen molar-refractivity contribution in [3.05, 3.63) is 0 Å². The first-order valence-corrected chi connectivity index (χ1v) is 10.8. The molecule has 0 aromatic carbocycles. The van der Waals surface area contributed by atoms with Crippen LogP contribution in [0.3, 0.4) is 0 Å². The summed E-state index contributed by atoms with van der Waals surface area (Å²) in [4.78, 5) is 0. The fourth-order valence-electron chi connectivity index (χ4n) is 2.96. The molecule has 2 fully saturated rings. The zero-order valence-corrected chi connectivity index (χ0v) is 13.8. The largest absolute Gasteiger partial charge is 0.228 e. The van der Waals surface area contributed by atoms with Crippen molar-refractivity contribution in [2.75, 3.05) is 18.8 Å². The minimum Gasteiger partial charge on any atom is -0.228 e. The monoisotopic (exact) mass is 323 g/mol. The number of sulfone groups is 1. The van der Waals surface area contributed by atoms with Gasteiger partial charge in [0.05, 0.1) is 16.3 Å². The second kappa shape index (κ2) is 6.32. The van der Waals surface area contributed by atoms with Crippen molar-refractivity contribution in [2.45, 2.75) is 62.4 Å². The summed E-state index contributed by atoms with van der Waals surface area (Å²) in [7, 11) is -6.39. The van der Waals surface area contributed by atoms with Gasteiger partial charge in [0.15, 0.2) is 9.84 Å². The van der Waals surface area contributed by atoms with Crippen molar-refractivity contribution in [1.82, 2.24) is 4.31 Å². The lowest BCUT2D eigenvalue weighted by molar-refractivity contribution is 0.306. The molecule has 2 rings (SSSR count). The van der Waals surface area contributed by atoms with Crippen LogP contribution in [0.15, 0.2) is 0 Å². The third-order valence-electron chi connectivity index (χ3n) is 4.45. The fourth-order valence-corrected chi connectivity index (χ4v) is 7.18. The smallest absolute Gasteiger partial charge is 0.214 e. The number of nitrogens with zero attached hydrogens (tertiary/aromatic N) is 1. The van der Waals surface area contributed by atoms with E-state index in [2.05, 4.69) is 0 Å². The average Bonchev–Trinajstić information content (AvgIpc) is 2.35. The highest BCUT2D eigenvalue weighted by atomic mass is 32.2. The Kier molecular flexibility index (Phi) is 5.13. The van der Waals surface area contributed by atoms with Crippen LogP contribution < -0.4 is 0 Å². The predicted octanol–water partition coefficient (Wildman–Crippen LogP) is 1.55. The SMILES string of the molecule is CCCCS(=O)(=O)N1CC(S(=O)(=O)C2CCCCC2)C1. The highest BCUT2D eigenvalue weighted by Gasteiger charge is 2.45. The molecule has 0 aromatic rings. The highest BCUT2D eigenvalue weighted by Crippen LogP contribution is 2.30. The van der Waals surface area contributed by atoms with E-state index >= 15 is 0 Å². The van der Waals surface area contributed by atoms with Gasteiger partial charge in [-0.3, -0.25) is 0 Å². The molecule has 20 heavy (non-hydrogen) atoms. The maximum atomic E-state index is 12.4. The summed E-state index contributed by atoms with van der Waals surface area (Å²) in [5, 5.41) is -0.705. The van der Waals surface area contributed by atoms with E-state index in [0.29, 0.717) is 6.42 Å². The molecule has 1 aliphatic carbocycles. The standard InChI is InChI=1S/C13H25NO4S2/c1-2-3-9-19(15,16)14-10-13(11-14)20(17,18)12-7-5-4-6-8-12/h12-13H,2-11H2,1H3. The van der Waals surface area contributed by atoms with E-state index in [9.17, 15) is 16.8 Å². The zero-order chi connectivity index (χ0) is 14.8. The van der Waals surface area contributed by atoms with E-state index in [-0.39, 0.29) is 24.1 Å². The topological polar surface area (TPSA) is 71.5 Å². The molecule has 1 saturated carbocycles. The van der Waals surface area contributed by atoms with Gasteiger partial charge in [-0.2, -0.15) is 4.31 Å². The molecule has 0 radical (unpaired) electrons. The average molecular weight is 323 g/mol. The Balaban J connectivity index is 1.92. The van der Waals surface area contributed by atoms with Crippen molar-refractivity contribution in [3.8, 4) is 0 Å². The molecule has 0 bridgehead atoms. The summed E-state index contributed by atoms with van der Waals surface area (Å²) in [6.45, 7) is 2.29. The Hall–Kier alpha value is -0.140. The minimum atomic E-state index is -3.24. The normalized spacial score (nSPS) is 23.6. The van der Waals surface area contributed by atoms with Gasteiger partial charge in [0, 0.05) is 13.1 Å². The predicted molar refractivity (Wildman–Crippen MR) is 79.8 cm³/mol. The summed E-state index contributed by atoms with van der Waals surface area (Å²) in [5.74, 6) is 0.139. The van der Waals surface area contributed by atoms with Crippen LogP contribution in [-0.4, -0.2) is 50.5 Å². The third kappa shape index (κ3) is 3.36. The Labute approximate surface area is 122 Å². The first-order chi connectivity index (χ1) is 9.38. The lowest BCUT2D eigenvalue weighted by Crippen LogP contribution is -2.59. The van der Waals surface area contributed by atoms with Gasteiger partial charge in [-0.05, 0) is 19.3 Å². The number of hydrogen-bond donors (Lipinski definition) is 0. The van der Waals surface area contributed by atoms with Crippen molar-refractivity contribution in [1.29, 1.82) is 0 Å². The van der Waals surface area contributed by atoms with Crippen LogP contribution >= 0.6 is 0 Å². The van der Waals surface area contributed by atoms with Crippen LogP contribution in [-0.2, 0) is 19.9 Å². The van der Waals surface area contributed by atoms with Gasteiger partial charge >= 0.3 is 0 Å². The van der Waals surface area contributed by atoms with Crippen molar-refractivity contribution in [3.63, 3.8) is 0 Å². The van der Waals surface area contributed by atoms with Crippen molar-refractivity contribution in [2.24, 2.45) is 0 Å². The van der Waals surface area contributed by atoms with Crippen LogP contribution in [0.2, 0.25) is 0 Å². The van der Waals surface area contributed by atoms with Gasteiger partial charge in [0.25, 0.3) is 0 Å². The second-order valence-corrected chi connectivity index (χ2v) is 10.6. The van der Waals surface area contributed by atoms with E-state index in [1.54, 1.807) is 0 Å². The van der Waals surface area contributed by atoms with Crippen LogP contribution in [0.1, 0.15) is 51.9 Å². The molecule has 2 aliphatic rings. The van der Waals surface area contributed by atoms with Crippen LogP contribution in [0.5, 0.6) is 0 Å². The van der Waals surface area contributed by atoms with Gasteiger partial charge in [-0.25, -0.2) is 16.8 Å². The third-order valence-corrected chi connectivity index (χ3v) is 8.96. The molecule has 0 N–H and O–H groups in total. The number of hydrogen-bond acceptors (Lipinski definition) is 4. The van der Waals surface area contributed by atoms with E-state index in [1.807, 2.05) is 6.92 Å².